The van der Waals surface area contributed by atoms with Crippen molar-refractivity contribution in [2.45, 2.75) is 31.7 Å². The Bertz CT molecular complexity index is 1180. The molecule has 2 aromatic heterocycles. The van der Waals surface area contributed by atoms with Gasteiger partial charge < -0.3 is 0 Å². The maximum atomic E-state index is 9.67. The lowest BCUT2D eigenvalue weighted by molar-refractivity contribution is 0.824. The van der Waals surface area contributed by atoms with E-state index in [2.05, 4.69) is 52.6 Å². The normalized spacial score (nSPS) is 10.8. The summed E-state index contributed by atoms with van der Waals surface area (Å²) in [7, 11) is 0. The average Bonchev–Trinajstić information content (AvgIpc) is 3.26. The van der Waals surface area contributed by atoms with Crippen LogP contribution in [0, 0.1) is 32.1 Å². The molecule has 4 rings (SSSR count). The monoisotopic (exact) mass is 400 g/mol. The van der Waals surface area contributed by atoms with Gasteiger partial charge in [0.05, 0.1) is 22.6 Å². The Morgan fingerprint density at radius 2 is 1.66 bits per heavy atom. The number of nitriles is 1. The van der Waals surface area contributed by atoms with Gasteiger partial charge in [0.25, 0.3) is 0 Å². The first kappa shape index (κ1) is 19.0. The van der Waals surface area contributed by atoms with Crippen LogP contribution in [0.1, 0.15) is 28.3 Å². The number of thioether (sulfide) groups is 1. The number of benzene rings is 2. The van der Waals surface area contributed by atoms with Crippen molar-refractivity contribution in [2.24, 2.45) is 0 Å². The van der Waals surface area contributed by atoms with Crippen LogP contribution >= 0.6 is 11.8 Å². The Kier molecular flexibility index (Phi) is 5.19. The summed E-state index contributed by atoms with van der Waals surface area (Å²) in [4.78, 5) is 0. The van der Waals surface area contributed by atoms with E-state index >= 15 is 0 Å². The van der Waals surface area contributed by atoms with Crippen LogP contribution in [0.25, 0.3) is 11.4 Å². The first-order chi connectivity index (χ1) is 14.1. The summed E-state index contributed by atoms with van der Waals surface area (Å²) >= 11 is 1.55. The van der Waals surface area contributed by atoms with Crippen LogP contribution in [0.5, 0.6) is 0 Å². The highest BCUT2D eigenvalue weighted by Gasteiger charge is 2.19. The summed E-state index contributed by atoms with van der Waals surface area (Å²) in [6.07, 6.45) is 0. The first-order valence-electron chi connectivity index (χ1n) is 9.24. The van der Waals surface area contributed by atoms with E-state index in [0.29, 0.717) is 11.3 Å². The highest BCUT2D eigenvalue weighted by Crippen LogP contribution is 2.28. The molecular weight excluding hydrogens is 380 g/mol. The number of rotatable bonds is 5. The summed E-state index contributed by atoms with van der Waals surface area (Å²) in [6, 6.07) is 20.5. The molecule has 0 aliphatic carbocycles. The van der Waals surface area contributed by atoms with E-state index in [1.54, 1.807) is 11.8 Å². The molecule has 0 saturated carbocycles. The van der Waals surface area contributed by atoms with Crippen molar-refractivity contribution >= 4 is 11.8 Å². The molecule has 6 nitrogen and oxygen atoms in total. The highest BCUT2D eigenvalue weighted by atomic mass is 32.2. The molecule has 0 N–H and O–H groups in total. The van der Waals surface area contributed by atoms with Gasteiger partial charge in [-0.2, -0.15) is 10.4 Å². The van der Waals surface area contributed by atoms with Gasteiger partial charge in [-0.3, -0.25) is 4.57 Å². The third-order valence-corrected chi connectivity index (χ3v) is 5.63. The lowest BCUT2D eigenvalue weighted by Crippen LogP contribution is -2.03. The average molecular weight is 401 g/mol. The van der Waals surface area contributed by atoms with Crippen molar-refractivity contribution < 1.29 is 0 Å². The number of hydrogen-bond donors (Lipinski definition) is 0. The minimum Gasteiger partial charge on any atom is -0.274 e. The Morgan fingerprint density at radius 3 is 2.34 bits per heavy atom. The van der Waals surface area contributed by atoms with E-state index in [4.69, 9.17) is 0 Å². The van der Waals surface area contributed by atoms with E-state index in [9.17, 15) is 5.26 Å². The van der Waals surface area contributed by atoms with Crippen molar-refractivity contribution in [3.8, 4) is 17.4 Å². The first-order valence-corrected chi connectivity index (χ1v) is 10.2. The molecule has 2 aromatic carbocycles. The summed E-state index contributed by atoms with van der Waals surface area (Å²) in [6.45, 7) is 5.87. The Balaban J connectivity index is 1.69. The topological polar surface area (TPSA) is 72.3 Å². The third kappa shape index (κ3) is 3.67. The van der Waals surface area contributed by atoms with E-state index in [0.717, 1.165) is 33.7 Å². The number of hydrogen-bond acceptors (Lipinski definition) is 5. The van der Waals surface area contributed by atoms with Crippen LogP contribution in [0.15, 0.2) is 59.8 Å². The molecule has 144 valence electrons. The van der Waals surface area contributed by atoms with Gasteiger partial charge in [0.2, 0.25) is 0 Å². The number of aryl methyl sites for hydroxylation is 3. The smallest absolute Gasteiger partial charge is 0.196 e. The zero-order chi connectivity index (χ0) is 20.4. The molecule has 29 heavy (non-hydrogen) atoms. The fraction of sp³-hybridized carbons (Fsp3) is 0.182. The van der Waals surface area contributed by atoms with Crippen LogP contribution in [-0.4, -0.2) is 24.5 Å². The lowest BCUT2D eigenvalue weighted by Gasteiger charge is -2.10. The van der Waals surface area contributed by atoms with Crippen LogP contribution < -0.4 is 0 Å². The van der Waals surface area contributed by atoms with Gasteiger partial charge in [-0.25, -0.2) is 4.68 Å². The lowest BCUT2D eigenvalue weighted by atomic mass is 10.2. The zero-order valence-electron chi connectivity index (χ0n) is 16.5. The van der Waals surface area contributed by atoms with Crippen molar-refractivity contribution in [3.05, 3.63) is 82.9 Å². The number of nitrogens with zero attached hydrogens (tertiary/aromatic N) is 6. The molecule has 0 atom stereocenters. The molecule has 7 heteroatoms. The molecule has 0 unspecified atom stereocenters. The van der Waals surface area contributed by atoms with Gasteiger partial charge in [0.1, 0.15) is 11.9 Å². The second-order valence-electron chi connectivity index (χ2n) is 6.76. The predicted molar refractivity (Wildman–Crippen MR) is 113 cm³/mol. The van der Waals surface area contributed by atoms with E-state index in [-0.39, 0.29) is 0 Å². The minimum absolute atomic E-state index is 0.558. The van der Waals surface area contributed by atoms with Gasteiger partial charge in [-0.15, -0.1) is 10.2 Å². The van der Waals surface area contributed by atoms with Crippen molar-refractivity contribution in [1.29, 1.82) is 5.26 Å². The van der Waals surface area contributed by atoms with Crippen molar-refractivity contribution in [2.75, 3.05) is 0 Å². The fourth-order valence-corrected chi connectivity index (χ4v) is 4.19. The standard InChI is InChI=1S/C22H20N6S/c1-15-9-11-18(12-10-15)27-17(3)24-25-22(27)29-14-21-20(13-23)16(2)26-28(21)19-7-5-4-6-8-19/h4-12H,14H2,1-3H3. The molecule has 4 aromatic rings. The van der Waals surface area contributed by atoms with Crippen molar-refractivity contribution in [1.82, 2.24) is 24.5 Å². The van der Waals surface area contributed by atoms with Crippen LogP contribution in [0.2, 0.25) is 0 Å². The second-order valence-corrected chi connectivity index (χ2v) is 7.70. The fourth-order valence-electron chi connectivity index (χ4n) is 3.20. The molecule has 0 spiro atoms. The number of aromatic nitrogens is 5. The molecule has 0 amide bonds. The van der Waals surface area contributed by atoms with Gasteiger partial charge in [0.15, 0.2) is 5.16 Å². The molecule has 0 saturated heterocycles. The minimum atomic E-state index is 0.558. The maximum Gasteiger partial charge on any atom is 0.196 e. The van der Waals surface area contributed by atoms with Gasteiger partial charge in [-0.1, -0.05) is 47.7 Å². The van der Waals surface area contributed by atoms with Crippen molar-refractivity contribution in [3.63, 3.8) is 0 Å². The molecule has 2 heterocycles. The zero-order valence-corrected chi connectivity index (χ0v) is 17.3. The Hall–Kier alpha value is -3.37. The molecular formula is C22H20N6S. The summed E-state index contributed by atoms with van der Waals surface area (Å²) in [5.74, 6) is 1.38. The number of para-hydroxylation sites is 1. The van der Waals surface area contributed by atoms with Crippen LogP contribution in [0.4, 0.5) is 0 Å². The van der Waals surface area contributed by atoms with E-state index in [1.165, 1.54) is 5.56 Å². The third-order valence-electron chi connectivity index (χ3n) is 4.69. The second kappa shape index (κ2) is 7.94. The summed E-state index contributed by atoms with van der Waals surface area (Å²) < 4.78 is 3.88. The summed E-state index contributed by atoms with van der Waals surface area (Å²) in [5, 5.41) is 23.7. The van der Waals surface area contributed by atoms with E-state index < -0.39 is 0 Å². The summed E-state index contributed by atoms with van der Waals surface area (Å²) in [5.41, 5.74) is 5.35. The molecule has 0 fully saturated rings. The van der Waals surface area contributed by atoms with Crippen LogP contribution in [-0.2, 0) is 5.75 Å². The van der Waals surface area contributed by atoms with Gasteiger partial charge in [0, 0.05) is 11.4 Å². The van der Waals surface area contributed by atoms with Gasteiger partial charge in [-0.05, 0) is 45.0 Å². The largest absolute Gasteiger partial charge is 0.274 e. The Morgan fingerprint density at radius 1 is 0.931 bits per heavy atom. The Labute approximate surface area is 173 Å². The van der Waals surface area contributed by atoms with E-state index in [1.807, 2.05) is 53.4 Å². The SMILES string of the molecule is Cc1ccc(-n2c(C)nnc2SCc2c(C#N)c(C)nn2-c2ccccc2)cc1. The van der Waals surface area contributed by atoms with Crippen LogP contribution in [0.3, 0.4) is 0 Å². The van der Waals surface area contributed by atoms with Gasteiger partial charge >= 0.3 is 0 Å². The highest BCUT2D eigenvalue weighted by molar-refractivity contribution is 7.98. The molecule has 0 aliphatic heterocycles. The quantitative estimate of drug-likeness (QED) is 0.460. The molecule has 0 bridgehead atoms. The maximum absolute atomic E-state index is 9.67. The molecule has 0 radical (unpaired) electrons. The predicted octanol–water partition coefficient (Wildman–Crippen LogP) is 4.54. The molecule has 0 aliphatic rings.